The molecule has 0 aromatic carbocycles. The van der Waals surface area contributed by atoms with Gasteiger partial charge in [0.05, 0.1) is 6.54 Å². The van der Waals surface area contributed by atoms with Crippen LogP contribution in [0.4, 0.5) is 5.95 Å². The van der Waals surface area contributed by atoms with Crippen molar-refractivity contribution in [1.29, 1.82) is 0 Å². The first-order chi connectivity index (χ1) is 7.90. The first kappa shape index (κ1) is 12.9. The van der Waals surface area contributed by atoms with Crippen LogP contribution in [0.3, 0.4) is 0 Å². The number of amides is 2. The number of aromatic amines is 1. The van der Waals surface area contributed by atoms with Crippen LogP contribution in [0.2, 0.25) is 0 Å². The Morgan fingerprint density at radius 1 is 1.47 bits per heavy atom. The highest BCUT2D eigenvalue weighted by molar-refractivity contribution is 5.93. The van der Waals surface area contributed by atoms with Crippen LogP contribution in [-0.2, 0) is 4.79 Å². The van der Waals surface area contributed by atoms with E-state index in [1.54, 1.807) is 0 Å². The highest BCUT2D eigenvalue weighted by atomic mass is 16.2. The maximum atomic E-state index is 12.0. The maximum absolute atomic E-state index is 12.0. The van der Waals surface area contributed by atoms with Crippen LogP contribution in [0.25, 0.3) is 0 Å². The van der Waals surface area contributed by atoms with Gasteiger partial charge in [-0.25, -0.2) is 0 Å². The molecular formula is C9H16N6O2. The largest absolute Gasteiger partial charge is 0.368 e. The number of primary amides is 1. The number of carbonyl (C=O) groups excluding carboxylic acids is 2. The predicted octanol–water partition coefficient (Wildman–Crippen LogP) is -1.03. The highest BCUT2D eigenvalue weighted by Crippen LogP contribution is 2.04. The molecule has 0 spiro atoms. The monoisotopic (exact) mass is 240 g/mol. The summed E-state index contributed by atoms with van der Waals surface area (Å²) in [5, 5.41) is 5.96. The zero-order chi connectivity index (χ0) is 13.0. The van der Waals surface area contributed by atoms with Crippen molar-refractivity contribution in [3.63, 3.8) is 0 Å². The minimum atomic E-state index is -0.577. The lowest BCUT2D eigenvalue weighted by Gasteiger charge is -2.21. The van der Waals surface area contributed by atoms with Gasteiger partial charge in [0, 0.05) is 6.54 Å². The summed E-state index contributed by atoms with van der Waals surface area (Å²) < 4.78 is 0. The lowest BCUT2D eigenvalue weighted by atomic mass is 10.2. The predicted molar refractivity (Wildman–Crippen MR) is 60.7 cm³/mol. The van der Waals surface area contributed by atoms with E-state index >= 15 is 0 Å². The van der Waals surface area contributed by atoms with Crippen LogP contribution in [0.1, 0.15) is 24.5 Å². The second-order valence-electron chi connectivity index (χ2n) is 4.09. The summed E-state index contributed by atoms with van der Waals surface area (Å²) in [5.74, 6) is -0.826. The molecule has 0 aliphatic rings. The van der Waals surface area contributed by atoms with E-state index in [9.17, 15) is 9.59 Å². The fourth-order valence-corrected chi connectivity index (χ4v) is 1.37. The second-order valence-corrected chi connectivity index (χ2v) is 4.09. The summed E-state index contributed by atoms with van der Waals surface area (Å²) in [6, 6.07) is 0. The third-order valence-electron chi connectivity index (χ3n) is 1.92. The number of nitrogens with two attached hydrogens (primary N) is 2. The van der Waals surface area contributed by atoms with Gasteiger partial charge in [0.25, 0.3) is 5.91 Å². The SMILES string of the molecule is CC(C)CN(CC(N)=O)C(=O)c1nc(N)n[nH]1. The summed E-state index contributed by atoms with van der Waals surface area (Å²) in [7, 11) is 0. The van der Waals surface area contributed by atoms with Crippen LogP contribution >= 0.6 is 0 Å². The van der Waals surface area contributed by atoms with Crippen molar-refractivity contribution in [3.05, 3.63) is 5.82 Å². The van der Waals surface area contributed by atoms with Crippen molar-refractivity contribution < 1.29 is 9.59 Å². The number of hydrogen-bond acceptors (Lipinski definition) is 5. The summed E-state index contributed by atoms with van der Waals surface area (Å²) in [6.07, 6.45) is 0. The molecule has 1 rings (SSSR count). The molecule has 0 aliphatic carbocycles. The van der Waals surface area contributed by atoms with Gasteiger partial charge in [-0.2, -0.15) is 4.98 Å². The Morgan fingerprint density at radius 2 is 2.12 bits per heavy atom. The van der Waals surface area contributed by atoms with Gasteiger partial charge in [-0.15, -0.1) is 5.10 Å². The summed E-state index contributed by atoms with van der Waals surface area (Å²) in [4.78, 5) is 27.9. The van der Waals surface area contributed by atoms with Crippen molar-refractivity contribution >= 4 is 17.8 Å². The van der Waals surface area contributed by atoms with E-state index in [4.69, 9.17) is 11.5 Å². The number of nitrogen functional groups attached to an aromatic ring is 1. The Kier molecular flexibility index (Phi) is 4.02. The van der Waals surface area contributed by atoms with Gasteiger partial charge in [0.15, 0.2) is 0 Å². The molecule has 0 saturated heterocycles. The van der Waals surface area contributed by atoms with Crippen LogP contribution in [0.5, 0.6) is 0 Å². The summed E-state index contributed by atoms with van der Waals surface area (Å²) in [6.45, 7) is 4.10. The average molecular weight is 240 g/mol. The third-order valence-corrected chi connectivity index (χ3v) is 1.92. The first-order valence-corrected chi connectivity index (χ1v) is 5.15. The number of nitrogens with one attached hydrogen (secondary N) is 1. The molecule has 0 radical (unpaired) electrons. The number of carbonyl (C=O) groups is 2. The Balaban J connectivity index is 2.82. The van der Waals surface area contributed by atoms with Gasteiger partial charge >= 0.3 is 0 Å². The van der Waals surface area contributed by atoms with Crippen LogP contribution in [0, 0.1) is 5.92 Å². The average Bonchev–Trinajstić information content (AvgIpc) is 2.61. The Labute approximate surface area is 98.4 Å². The van der Waals surface area contributed by atoms with Crippen LogP contribution in [0.15, 0.2) is 0 Å². The first-order valence-electron chi connectivity index (χ1n) is 5.15. The molecule has 0 aliphatic heterocycles. The van der Waals surface area contributed by atoms with Gasteiger partial charge in [0.2, 0.25) is 17.7 Å². The number of rotatable bonds is 5. The zero-order valence-electron chi connectivity index (χ0n) is 9.80. The maximum Gasteiger partial charge on any atom is 0.291 e. The van der Waals surface area contributed by atoms with Gasteiger partial charge in [-0.1, -0.05) is 13.8 Å². The van der Waals surface area contributed by atoms with Crippen molar-refractivity contribution in [2.45, 2.75) is 13.8 Å². The van der Waals surface area contributed by atoms with E-state index in [0.717, 1.165) is 0 Å². The molecule has 0 unspecified atom stereocenters. The minimum absolute atomic E-state index is 0.00407. The van der Waals surface area contributed by atoms with E-state index in [2.05, 4.69) is 15.2 Å². The van der Waals surface area contributed by atoms with Crippen LogP contribution in [-0.4, -0.2) is 45.0 Å². The standard InChI is InChI=1S/C9H16N6O2/c1-5(2)3-15(4-6(10)16)8(17)7-12-9(11)14-13-7/h5H,3-4H2,1-2H3,(H2,10,16)(H3,11,12,13,14). The van der Waals surface area contributed by atoms with Gasteiger partial charge in [0.1, 0.15) is 0 Å². The number of hydrogen-bond donors (Lipinski definition) is 3. The molecule has 0 bridgehead atoms. The van der Waals surface area contributed by atoms with E-state index in [1.165, 1.54) is 4.90 Å². The minimum Gasteiger partial charge on any atom is -0.368 e. The molecular weight excluding hydrogens is 224 g/mol. The Morgan fingerprint density at radius 3 is 2.53 bits per heavy atom. The van der Waals surface area contributed by atoms with Crippen molar-refractivity contribution in [2.75, 3.05) is 18.8 Å². The molecule has 94 valence electrons. The molecule has 8 nitrogen and oxygen atoms in total. The second kappa shape index (κ2) is 5.28. The van der Waals surface area contributed by atoms with Gasteiger partial charge < -0.3 is 16.4 Å². The van der Waals surface area contributed by atoms with E-state index in [1.807, 2.05) is 13.8 Å². The Bertz CT molecular complexity index is 413. The quantitative estimate of drug-likeness (QED) is 0.605. The lowest BCUT2D eigenvalue weighted by Crippen LogP contribution is -2.41. The summed E-state index contributed by atoms with van der Waals surface area (Å²) in [5.41, 5.74) is 10.4. The molecule has 2 amide bonds. The third kappa shape index (κ3) is 3.74. The molecule has 0 fully saturated rings. The van der Waals surface area contributed by atoms with Crippen molar-refractivity contribution in [2.24, 2.45) is 11.7 Å². The van der Waals surface area contributed by atoms with Crippen LogP contribution < -0.4 is 11.5 Å². The number of H-pyrrole nitrogens is 1. The Hall–Kier alpha value is -2.12. The smallest absolute Gasteiger partial charge is 0.291 e. The molecule has 1 aromatic rings. The lowest BCUT2D eigenvalue weighted by molar-refractivity contribution is -0.118. The number of anilines is 1. The number of aromatic nitrogens is 3. The molecule has 17 heavy (non-hydrogen) atoms. The van der Waals surface area contributed by atoms with E-state index in [-0.39, 0.29) is 24.2 Å². The fraction of sp³-hybridized carbons (Fsp3) is 0.556. The summed E-state index contributed by atoms with van der Waals surface area (Å²) >= 11 is 0. The van der Waals surface area contributed by atoms with Gasteiger partial charge in [-0.3, -0.25) is 14.7 Å². The molecule has 1 aromatic heterocycles. The molecule has 8 heteroatoms. The van der Waals surface area contributed by atoms with E-state index < -0.39 is 11.8 Å². The fourth-order valence-electron chi connectivity index (χ4n) is 1.37. The zero-order valence-corrected chi connectivity index (χ0v) is 9.80. The topological polar surface area (TPSA) is 131 Å². The molecule has 5 N–H and O–H groups in total. The van der Waals surface area contributed by atoms with E-state index in [0.29, 0.717) is 6.54 Å². The molecule has 1 heterocycles. The number of nitrogens with zero attached hydrogens (tertiary/aromatic N) is 3. The highest BCUT2D eigenvalue weighted by Gasteiger charge is 2.21. The molecule has 0 atom stereocenters. The van der Waals surface area contributed by atoms with Gasteiger partial charge in [-0.05, 0) is 5.92 Å². The van der Waals surface area contributed by atoms with Crippen molar-refractivity contribution in [3.8, 4) is 0 Å². The van der Waals surface area contributed by atoms with Crippen molar-refractivity contribution in [1.82, 2.24) is 20.1 Å². The normalized spacial score (nSPS) is 10.5. The molecule has 0 saturated carbocycles.